The number of rotatable bonds is 4. The third kappa shape index (κ3) is 4.66. The fourth-order valence-electron chi connectivity index (χ4n) is 3.09. The molecule has 3 rings (SSSR count). The number of halogens is 3. The fourth-order valence-corrected chi connectivity index (χ4v) is 3.09. The van der Waals surface area contributed by atoms with Gasteiger partial charge in [0.05, 0.1) is 11.5 Å². The smallest absolute Gasteiger partial charge is 0.416 e. The van der Waals surface area contributed by atoms with E-state index in [-0.39, 0.29) is 5.69 Å². The monoisotopic (exact) mass is 380 g/mol. The SMILES string of the molecule is Cc1nc(Nc2cccc(C(F)(F)F)c2)cc(N2CCCC(C(=O)O)C2)n1. The van der Waals surface area contributed by atoms with Crippen LogP contribution < -0.4 is 10.2 Å². The van der Waals surface area contributed by atoms with Crippen LogP contribution in [0.4, 0.5) is 30.5 Å². The van der Waals surface area contributed by atoms with Crippen molar-refractivity contribution in [3.8, 4) is 0 Å². The number of carboxylic acid groups (broad SMARTS) is 1. The highest BCUT2D eigenvalue weighted by atomic mass is 19.4. The van der Waals surface area contributed by atoms with Gasteiger partial charge in [-0.2, -0.15) is 13.2 Å². The van der Waals surface area contributed by atoms with Crippen molar-refractivity contribution in [3.05, 3.63) is 41.7 Å². The lowest BCUT2D eigenvalue weighted by Crippen LogP contribution is -2.39. The molecule has 0 saturated carbocycles. The van der Waals surface area contributed by atoms with Crippen LogP contribution in [0.1, 0.15) is 24.2 Å². The molecule has 6 nitrogen and oxygen atoms in total. The van der Waals surface area contributed by atoms with Gasteiger partial charge in [-0.05, 0) is 38.0 Å². The highest BCUT2D eigenvalue weighted by molar-refractivity contribution is 5.71. The number of alkyl halides is 3. The minimum atomic E-state index is -4.43. The van der Waals surface area contributed by atoms with Crippen LogP contribution in [0, 0.1) is 12.8 Å². The molecule has 1 aliphatic rings. The number of anilines is 3. The topological polar surface area (TPSA) is 78.4 Å². The van der Waals surface area contributed by atoms with Gasteiger partial charge in [-0.1, -0.05) is 6.07 Å². The van der Waals surface area contributed by atoms with E-state index in [4.69, 9.17) is 0 Å². The number of carbonyl (C=O) groups is 1. The summed E-state index contributed by atoms with van der Waals surface area (Å²) in [7, 11) is 0. The highest BCUT2D eigenvalue weighted by Crippen LogP contribution is 2.31. The van der Waals surface area contributed by atoms with Crippen LogP contribution in [0.2, 0.25) is 0 Å². The number of piperidine rings is 1. The Bertz CT molecular complexity index is 842. The number of hydrogen-bond acceptors (Lipinski definition) is 5. The van der Waals surface area contributed by atoms with Gasteiger partial charge in [0.2, 0.25) is 0 Å². The van der Waals surface area contributed by atoms with E-state index in [0.717, 1.165) is 18.6 Å². The van der Waals surface area contributed by atoms with Crippen LogP contribution in [-0.2, 0) is 11.0 Å². The molecule has 0 spiro atoms. The molecule has 0 aliphatic carbocycles. The van der Waals surface area contributed by atoms with Gasteiger partial charge in [0, 0.05) is 24.8 Å². The number of hydrogen-bond donors (Lipinski definition) is 2. The predicted molar refractivity (Wildman–Crippen MR) is 94.1 cm³/mol. The van der Waals surface area contributed by atoms with Crippen LogP contribution in [-0.4, -0.2) is 34.1 Å². The molecule has 1 aromatic carbocycles. The molecule has 1 aliphatic heterocycles. The quantitative estimate of drug-likeness (QED) is 0.839. The first kappa shape index (κ1) is 18.9. The Hall–Kier alpha value is -2.84. The largest absolute Gasteiger partial charge is 0.481 e. The summed E-state index contributed by atoms with van der Waals surface area (Å²) >= 11 is 0. The van der Waals surface area contributed by atoms with Crippen molar-refractivity contribution in [3.63, 3.8) is 0 Å². The first-order chi connectivity index (χ1) is 12.7. The zero-order valence-electron chi connectivity index (χ0n) is 14.6. The number of nitrogens with one attached hydrogen (secondary N) is 1. The predicted octanol–water partition coefficient (Wildman–Crippen LogP) is 3.85. The number of carboxylic acids is 1. The van der Waals surface area contributed by atoms with Crippen molar-refractivity contribution in [1.29, 1.82) is 0 Å². The normalized spacial score (nSPS) is 17.6. The van der Waals surface area contributed by atoms with E-state index in [2.05, 4.69) is 15.3 Å². The van der Waals surface area contributed by atoms with Gasteiger partial charge in [0.25, 0.3) is 0 Å². The molecule has 1 aromatic heterocycles. The molecule has 9 heteroatoms. The van der Waals surface area contributed by atoms with Crippen molar-refractivity contribution < 1.29 is 23.1 Å². The second kappa shape index (κ2) is 7.42. The van der Waals surface area contributed by atoms with Crippen molar-refractivity contribution >= 4 is 23.3 Å². The van der Waals surface area contributed by atoms with Gasteiger partial charge >= 0.3 is 12.1 Å². The molecular formula is C18H19F3N4O2. The van der Waals surface area contributed by atoms with Gasteiger partial charge in [-0.3, -0.25) is 4.79 Å². The molecule has 1 fully saturated rings. The van der Waals surface area contributed by atoms with Crippen LogP contribution in [0.25, 0.3) is 0 Å². The van der Waals surface area contributed by atoms with E-state index >= 15 is 0 Å². The Morgan fingerprint density at radius 3 is 2.78 bits per heavy atom. The van der Waals surface area contributed by atoms with E-state index in [1.165, 1.54) is 12.1 Å². The van der Waals surface area contributed by atoms with Crippen LogP contribution in [0.3, 0.4) is 0 Å². The molecule has 0 radical (unpaired) electrons. The van der Waals surface area contributed by atoms with Crippen molar-refractivity contribution in [1.82, 2.24) is 9.97 Å². The minimum absolute atomic E-state index is 0.260. The summed E-state index contributed by atoms with van der Waals surface area (Å²) in [5.41, 5.74) is -0.491. The Morgan fingerprint density at radius 2 is 2.07 bits per heavy atom. The zero-order chi connectivity index (χ0) is 19.6. The van der Waals surface area contributed by atoms with Gasteiger partial charge in [0.15, 0.2) is 0 Å². The third-order valence-corrected chi connectivity index (χ3v) is 4.38. The molecule has 2 aromatic rings. The van der Waals surface area contributed by atoms with Gasteiger partial charge in [-0.25, -0.2) is 9.97 Å². The summed E-state index contributed by atoms with van der Waals surface area (Å²) in [6.07, 6.45) is -3.08. The summed E-state index contributed by atoms with van der Waals surface area (Å²) in [4.78, 5) is 21.7. The standard InChI is InChI=1S/C18H19F3N4O2/c1-11-22-15(24-14-6-2-5-13(8-14)18(19,20)21)9-16(23-11)25-7-3-4-12(10-25)17(26)27/h2,5-6,8-9,12H,3-4,7,10H2,1H3,(H,26,27)(H,22,23,24). The van der Waals surface area contributed by atoms with Crippen molar-refractivity contribution in [2.24, 2.45) is 5.92 Å². The van der Waals surface area contributed by atoms with E-state index in [9.17, 15) is 23.1 Å². The lowest BCUT2D eigenvalue weighted by molar-refractivity contribution is -0.142. The van der Waals surface area contributed by atoms with Crippen molar-refractivity contribution in [2.75, 3.05) is 23.3 Å². The Labute approximate surface area is 154 Å². The number of aryl methyl sites for hydroxylation is 1. The zero-order valence-corrected chi connectivity index (χ0v) is 14.6. The Morgan fingerprint density at radius 1 is 1.30 bits per heavy atom. The van der Waals surface area contributed by atoms with E-state index in [1.807, 2.05) is 4.90 Å². The summed E-state index contributed by atoms with van der Waals surface area (Å²) in [5, 5.41) is 12.1. The first-order valence-electron chi connectivity index (χ1n) is 8.50. The average Bonchev–Trinajstić information content (AvgIpc) is 2.61. The summed E-state index contributed by atoms with van der Waals surface area (Å²) in [6.45, 7) is 2.69. The Balaban J connectivity index is 1.83. The molecule has 2 heterocycles. The van der Waals surface area contributed by atoms with Crippen LogP contribution in [0.15, 0.2) is 30.3 Å². The second-order valence-corrected chi connectivity index (χ2v) is 6.49. The average molecular weight is 380 g/mol. The number of nitrogens with zero attached hydrogens (tertiary/aromatic N) is 3. The second-order valence-electron chi connectivity index (χ2n) is 6.49. The molecule has 144 valence electrons. The lowest BCUT2D eigenvalue weighted by atomic mass is 9.98. The Kier molecular flexibility index (Phi) is 5.20. The van der Waals surface area contributed by atoms with Crippen molar-refractivity contribution in [2.45, 2.75) is 25.9 Å². The molecule has 2 N–H and O–H groups in total. The maximum absolute atomic E-state index is 12.9. The maximum Gasteiger partial charge on any atom is 0.416 e. The lowest BCUT2D eigenvalue weighted by Gasteiger charge is -2.31. The number of aliphatic carboxylic acids is 1. The molecule has 27 heavy (non-hydrogen) atoms. The van der Waals surface area contributed by atoms with Gasteiger partial charge in [-0.15, -0.1) is 0 Å². The molecule has 1 unspecified atom stereocenters. The highest BCUT2D eigenvalue weighted by Gasteiger charge is 2.30. The molecule has 1 atom stereocenters. The van der Waals surface area contributed by atoms with E-state index in [0.29, 0.717) is 37.0 Å². The van der Waals surface area contributed by atoms with Crippen LogP contribution >= 0.6 is 0 Å². The third-order valence-electron chi connectivity index (χ3n) is 4.38. The van der Waals surface area contributed by atoms with Crippen LogP contribution in [0.5, 0.6) is 0 Å². The first-order valence-corrected chi connectivity index (χ1v) is 8.50. The molecule has 1 saturated heterocycles. The molecule has 0 bridgehead atoms. The number of benzene rings is 1. The fraction of sp³-hybridized carbons (Fsp3) is 0.389. The summed E-state index contributed by atoms with van der Waals surface area (Å²) in [5.74, 6) is 0.0540. The minimum Gasteiger partial charge on any atom is -0.481 e. The summed E-state index contributed by atoms with van der Waals surface area (Å²) < 4.78 is 38.6. The molecular weight excluding hydrogens is 361 g/mol. The van der Waals surface area contributed by atoms with E-state index in [1.54, 1.807) is 13.0 Å². The van der Waals surface area contributed by atoms with Gasteiger partial charge in [0.1, 0.15) is 17.5 Å². The van der Waals surface area contributed by atoms with Gasteiger partial charge < -0.3 is 15.3 Å². The summed E-state index contributed by atoms with van der Waals surface area (Å²) in [6, 6.07) is 6.48. The maximum atomic E-state index is 12.9. The van der Waals surface area contributed by atoms with E-state index < -0.39 is 23.6 Å². The number of aromatic nitrogens is 2. The molecule has 0 amide bonds.